The number of nitrogens with one attached hydrogen (secondary N) is 1. The molecule has 2 amide bonds. The summed E-state index contributed by atoms with van der Waals surface area (Å²) in [5.41, 5.74) is 4.96. The highest BCUT2D eigenvalue weighted by atomic mass is 32.2. The number of amides is 2. The molecule has 0 aromatic heterocycles. The number of nitrogens with zero attached hydrogens (tertiary/aromatic N) is 1. The Morgan fingerprint density at radius 3 is 2.68 bits per heavy atom. The van der Waals surface area contributed by atoms with Gasteiger partial charge in [0.05, 0.1) is 12.2 Å². The molecule has 110 valence electrons. The Morgan fingerprint density at radius 2 is 2.11 bits per heavy atom. The number of nitrogens with two attached hydrogens (primary N) is 1. The lowest BCUT2D eigenvalue weighted by molar-refractivity contribution is -0.136. The number of aliphatic carboxylic acids is 1. The van der Waals surface area contributed by atoms with E-state index in [4.69, 9.17) is 10.8 Å². The van der Waals surface area contributed by atoms with Gasteiger partial charge in [0.1, 0.15) is 0 Å². The number of hydrogen-bond acceptors (Lipinski definition) is 4. The molecule has 1 rings (SSSR count). The van der Waals surface area contributed by atoms with E-state index < -0.39 is 34.2 Å². The van der Waals surface area contributed by atoms with Crippen LogP contribution >= 0.6 is 0 Å². The zero-order valence-corrected chi connectivity index (χ0v) is 11.4. The molecule has 8 nitrogen and oxygen atoms in total. The largest absolute Gasteiger partial charge is 0.481 e. The van der Waals surface area contributed by atoms with Crippen molar-refractivity contribution in [3.8, 4) is 0 Å². The van der Waals surface area contributed by atoms with E-state index in [-0.39, 0.29) is 5.92 Å². The molecule has 0 aromatic rings. The van der Waals surface area contributed by atoms with Crippen molar-refractivity contribution in [1.82, 2.24) is 9.62 Å². The summed E-state index contributed by atoms with van der Waals surface area (Å²) in [5, 5.41) is 11.0. The highest BCUT2D eigenvalue weighted by Crippen LogP contribution is 2.19. The first kappa shape index (κ1) is 15.7. The molecule has 1 fully saturated rings. The monoisotopic (exact) mass is 293 g/mol. The molecular formula is C10H19N3O5S. The normalized spacial score (nSPS) is 20.9. The minimum absolute atomic E-state index is 0.0147. The smallest absolute Gasteiger partial charge is 0.312 e. The summed E-state index contributed by atoms with van der Waals surface area (Å²) in [7, 11) is -3.54. The van der Waals surface area contributed by atoms with Gasteiger partial charge in [-0.1, -0.05) is 0 Å². The van der Waals surface area contributed by atoms with Crippen molar-refractivity contribution in [3.05, 3.63) is 0 Å². The molecule has 4 N–H and O–H groups in total. The highest BCUT2D eigenvalue weighted by molar-refractivity contribution is 7.89. The van der Waals surface area contributed by atoms with Crippen LogP contribution in [0.3, 0.4) is 0 Å². The SMILES string of the molecule is NC(=O)NCC1CCCN(S(=O)(=O)CCC(=O)O)C1. The Kier molecular flexibility index (Phi) is 5.55. The zero-order chi connectivity index (χ0) is 14.5. The minimum Gasteiger partial charge on any atom is -0.481 e. The van der Waals surface area contributed by atoms with E-state index in [9.17, 15) is 18.0 Å². The van der Waals surface area contributed by atoms with Crippen molar-refractivity contribution in [2.24, 2.45) is 11.7 Å². The topological polar surface area (TPSA) is 130 Å². The average Bonchev–Trinajstić information content (AvgIpc) is 2.34. The van der Waals surface area contributed by atoms with Gasteiger partial charge in [-0.2, -0.15) is 0 Å². The van der Waals surface area contributed by atoms with Crippen LogP contribution in [0.25, 0.3) is 0 Å². The molecule has 0 aromatic carbocycles. The molecule has 0 aliphatic carbocycles. The van der Waals surface area contributed by atoms with Crippen LogP contribution in [0.15, 0.2) is 0 Å². The minimum atomic E-state index is -3.54. The van der Waals surface area contributed by atoms with Crippen molar-refractivity contribution in [2.75, 3.05) is 25.4 Å². The van der Waals surface area contributed by atoms with Gasteiger partial charge in [0, 0.05) is 19.6 Å². The summed E-state index contributed by atoms with van der Waals surface area (Å²) in [6, 6.07) is -0.633. The summed E-state index contributed by atoms with van der Waals surface area (Å²) < 4.78 is 25.1. The van der Waals surface area contributed by atoms with E-state index in [2.05, 4.69) is 5.32 Å². The van der Waals surface area contributed by atoms with Crippen molar-refractivity contribution in [1.29, 1.82) is 0 Å². The Balaban J connectivity index is 2.53. The number of carboxylic acid groups (broad SMARTS) is 1. The molecule has 1 heterocycles. The lowest BCUT2D eigenvalue weighted by Gasteiger charge is -2.31. The average molecular weight is 293 g/mol. The molecule has 1 aliphatic heterocycles. The van der Waals surface area contributed by atoms with Crippen molar-refractivity contribution in [3.63, 3.8) is 0 Å². The van der Waals surface area contributed by atoms with Gasteiger partial charge in [0.25, 0.3) is 0 Å². The number of carbonyl (C=O) groups excluding carboxylic acids is 1. The summed E-state index contributed by atoms with van der Waals surface area (Å²) in [4.78, 5) is 21.0. The number of carboxylic acids is 1. The summed E-state index contributed by atoms with van der Waals surface area (Å²) in [6.45, 7) is 1.03. The standard InChI is InChI=1S/C10H19N3O5S/c11-10(16)12-6-8-2-1-4-13(7-8)19(17,18)5-3-9(14)15/h8H,1-7H2,(H,14,15)(H3,11,12,16). The summed E-state index contributed by atoms with van der Waals surface area (Å²) >= 11 is 0. The van der Waals surface area contributed by atoms with Crippen LogP contribution in [0.4, 0.5) is 4.79 Å². The van der Waals surface area contributed by atoms with Crippen LogP contribution < -0.4 is 11.1 Å². The lowest BCUT2D eigenvalue weighted by Crippen LogP contribution is -2.45. The number of sulfonamides is 1. The molecule has 9 heteroatoms. The molecule has 0 spiro atoms. The van der Waals surface area contributed by atoms with Crippen LogP contribution in [0.1, 0.15) is 19.3 Å². The molecule has 19 heavy (non-hydrogen) atoms. The second-order valence-corrected chi connectivity index (χ2v) is 6.66. The van der Waals surface area contributed by atoms with Crippen LogP contribution in [0, 0.1) is 5.92 Å². The van der Waals surface area contributed by atoms with Crippen LogP contribution in [0.2, 0.25) is 0 Å². The zero-order valence-electron chi connectivity index (χ0n) is 10.5. The highest BCUT2D eigenvalue weighted by Gasteiger charge is 2.29. The molecule has 0 saturated carbocycles. The van der Waals surface area contributed by atoms with E-state index in [1.165, 1.54) is 4.31 Å². The van der Waals surface area contributed by atoms with Crippen LogP contribution in [-0.4, -0.2) is 55.2 Å². The maximum atomic E-state index is 11.9. The second kappa shape index (κ2) is 6.71. The van der Waals surface area contributed by atoms with Crippen LogP contribution in [0.5, 0.6) is 0 Å². The summed E-state index contributed by atoms with van der Waals surface area (Å²) in [5.74, 6) is -1.51. The maximum absolute atomic E-state index is 11.9. The number of hydrogen-bond donors (Lipinski definition) is 3. The predicted octanol–water partition coefficient (Wildman–Crippen LogP) is -0.829. The third kappa shape index (κ3) is 5.43. The van der Waals surface area contributed by atoms with E-state index in [0.29, 0.717) is 26.1 Å². The van der Waals surface area contributed by atoms with E-state index >= 15 is 0 Å². The van der Waals surface area contributed by atoms with Crippen molar-refractivity contribution < 1.29 is 23.1 Å². The molecule has 0 radical (unpaired) electrons. The molecule has 0 bridgehead atoms. The maximum Gasteiger partial charge on any atom is 0.312 e. The van der Waals surface area contributed by atoms with Gasteiger partial charge >= 0.3 is 12.0 Å². The van der Waals surface area contributed by atoms with Gasteiger partial charge in [-0.25, -0.2) is 17.5 Å². The van der Waals surface area contributed by atoms with Crippen molar-refractivity contribution in [2.45, 2.75) is 19.3 Å². The lowest BCUT2D eigenvalue weighted by atomic mass is 10.00. The van der Waals surface area contributed by atoms with Gasteiger partial charge in [-0.3, -0.25) is 4.79 Å². The second-order valence-electron chi connectivity index (χ2n) is 4.57. The van der Waals surface area contributed by atoms with E-state index in [1.807, 2.05) is 0 Å². The molecule has 1 unspecified atom stereocenters. The van der Waals surface area contributed by atoms with Gasteiger partial charge < -0.3 is 16.2 Å². The fraction of sp³-hybridized carbons (Fsp3) is 0.800. The first-order valence-electron chi connectivity index (χ1n) is 6.04. The van der Waals surface area contributed by atoms with Gasteiger partial charge in [-0.15, -0.1) is 0 Å². The Bertz CT molecular complexity index is 436. The third-order valence-corrected chi connectivity index (χ3v) is 4.85. The van der Waals surface area contributed by atoms with Gasteiger partial charge in [0.15, 0.2) is 0 Å². The van der Waals surface area contributed by atoms with Crippen molar-refractivity contribution >= 4 is 22.0 Å². The number of rotatable bonds is 6. The Labute approximate surface area is 112 Å². The fourth-order valence-electron chi connectivity index (χ4n) is 2.04. The molecule has 1 atom stereocenters. The summed E-state index contributed by atoms with van der Waals surface area (Å²) in [6.07, 6.45) is 1.10. The number of primary amides is 1. The third-order valence-electron chi connectivity index (χ3n) is 3.01. The first-order valence-corrected chi connectivity index (χ1v) is 7.65. The van der Waals surface area contributed by atoms with Crippen LogP contribution in [-0.2, 0) is 14.8 Å². The predicted molar refractivity (Wildman–Crippen MR) is 67.9 cm³/mol. The van der Waals surface area contributed by atoms with Gasteiger partial charge in [-0.05, 0) is 18.8 Å². The fourth-order valence-corrected chi connectivity index (χ4v) is 3.57. The number of urea groups is 1. The molecule has 1 aliphatic rings. The molecule has 1 saturated heterocycles. The Hall–Kier alpha value is -1.35. The Morgan fingerprint density at radius 1 is 1.42 bits per heavy atom. The number of carbonyl (C=O) groups is 2. The van der Waals surface area contributed by atoms with Gasteiger partial charge in [0.2, 0.25) is 10.0 Å². The first-order chi connectivity index (χ1) is 8.81. The molecular weight excluding hydrogens is 274 g/mol. The quantitative estimate of drug-likeness (QED) is 0.588. The number of piperidine rings is 1. The van der Waals surface area contributed by atoms with E-state index in [0.717, 1.165) is 6.42 Å². The van der Waals surface area contributed by atoms with E-state index in [1.54, 1.807) is 0 Å².